The lowest BCUT2D eigenvalue weighted by molar-refractivity contribution is 1.09. The minimum atomic E-state index is 1.00. The van der Waals surface area contributed by atoms with Gasteiger partial charge in [0.2, 0.25) is 0 Å². The summed E-state index contributed by atoms with van der Waals surface area (Å²) in [6.07, 6.45) is 8.03. The first-order valence-corrected chi connectivity index (χ1v) is 23.1. The van der Waals surface area contributed by atoms with E-state index in [2.05, 4.69) is 177 Å². The Balaban J connectivity index is 1.54. The molecule has 0 spiro atoms. The summed E-state index contributed by atoms with van der Waals surface area (Å²) in [6.45, 7) is 18.5. The van der Waals surface area contributed by atoms with Gasteiger partial charge in [0.05, 0.1) is 0 Å². The normalized spacial score (nSPS) is 11.9. The highest BCUT2D eigenvalue weighted by Crippen LogP contribution is 2.49. The maximum Gasteiger partial charge on any atom is -0.00255 e. The molecule has 0 atom stereocenters. The maximum atomic E-state index is 2.57. The number of fused-ring (bicyclic) bond motifs is 2. The van der Waals surface area contributed by atoms with Gasteiger partial charge in [-0.3, -0.25) is 0 Å². The second kappa shape index (κ2) is 16.4. The van der Waals surface area contributed by atoms with Crippen LogP contribution in [0.15, 0.2) is 121 Å². The van der Waals surface area contributed by atoms with Crippen molar-refractivity contribution in [2.75, 3.05) is 0 Å². The summed E-state index contributed by atoms with van der Waals surface area (Å²) in [5.41, 5.74) is 22.4. The zero-order valence-electron chi connectivity index (χ0n) is 37.2. The second-order valence-electron chi connectivity index (χ2n) is 16.9. The molecule has 0 bridgehead atoms. The van der Waals surface area contributed by atoms with Crippen LogP contribution >= 0.6 is 0 Å². The lowest BCUT2D eigenvalue weighted by atomic mass is 9.81. The van der Waals surface area contributed by atoms with E-state index in [1.165, 1.54) is 132 Å². The molecule has 0 amide bonds. The molecule has 0 N–H and O–H groups in total. The lowest BCUT2D eigenvalue weighted by Gasteiger charge is -2.23. The summed E-state index contributed by atoms with van der Waals surface area (Å²) >= 11 is 0. The molecule has 0 aliphatic carbocycles. The Labute approximate surface area is 358 Å². The zero-order valence-corrected chi connectivity index (χ0v) is 37.2. The van der Waals surface area contributed by atoms with Crippen LogP contribution in [0.2, 0.25) is 0 Å². The highest BCUT2D eigenvalue weighted by Gasteiger charge is 2.23. The molecule has 300 valence electrons. The lowest BCUT2D eigenvalue weighted by Crippen LogP contribution is -1.99. The third-order valence-electron chi connectivity index (χ3n) is 13.8. The van der Waals surface area contributed by atoms with Crippen molar-refractivity contribution in [2.45, 2.75) is 107 Å². The van der Waals surface area contributed by atoms with Crippen molar-refractivity contribution in [3.05, 3.63) is 166 Å². The van der Waals surface area contributed by atoms with E-state index in [1.807, 2.05) is 0 Å². The average molecular weight is 781 g/mol. The molecule has 0 radical (unpaired) electrons. The smallest absolute Gasteiger partial charge is 0.00255 e. The van der Waals surface area contributed by atoms with Gasteiger partial charge >= 0.3 is 0 Å². The molecule has 0 aromatic heterocycles. The first kappa shape index (κ1) is 39.7. The molecule has 0 nitrogen and oxygen atoms in total. The van der Waals surface area contributed by atoms with Gasteiger partial charge in [-0.05, 0) is 232 Å². The summed E-state index contributed by atoms with van der Waals surface area (Å²) in [4.78, 5) is 0. The van der Waals surface area contributed by atoms with Crippen LogP contribution in [0.25, 0.3) is 87.6 Å². The van der Waals surface area contributed by atoms with Gasteiger partial charge in [-0.15, -0.1) is 0 Å². The monoisotopic (exact) mass is 780 g/mol. The number of benzene rings is 9. The van der Waals surface area contributed by atoms with Gasteiger partial charge in [0.25, 0.3) is 0 Å². The Morgan fingerprint density at radius 3 is 0.600 bits per heavy atom. The number of rotatable bonds is 12. The third kappa shape index (κ3) is 6.42. The molecule has 0 aliphatic rings. The Kier molecular flexibility index (Phi) is 10.8. The maximum absolute atomic E-state index is 2.57. The van der Waals surface area contributed by atoms with E-state index in [0.29, 0.717) is 0 Å². The van der Waals surface area contributed by atoms with Gasteiger partial charge in [-0.2, -0.15) is 0 Å². The Morgan fingerprint density at radius 2 is 0.433 bits per heavy atom. The predicted octanol–water partition coefficient (Wildman–Crippen LogP) is 16.9. The highest BCUT2D eigenvalue weighted by atomic mass is 14.3. The van der Waals surface area contributed by atoms with E-state index >= 15 is 0 Å². The highest BCUT2D eigenvalue weighted by molar-refractivity contribution is 6.35. The third-order valence-corrected chi connectivity index (χ3v) is 13.8. The predicted molar refractivity (Wildman–Crippen MR) is 264 cm³/mol. The fourth-order valence-electron chi connectivity index (χ4n) is 10.9. The summed E-state index contributed by atoms with van der Waals surface area (Å²) in [6, 6.07) is 48.2. The van der Waals surface area contributed by atoms with Crippen LogP contribution in [0.5, 0.6) is 0 Å². The molecule has 0 unspecified atom stereocenters. The first-order valence-electron chi connectivity index (χ1n) is 23.1. The molecule has 9 aromatic rings. The molecule has 0 aliphatic heterocycles. The van der Waals surface area contributed by atoms with E-state index < -0.39 is 0 Å². The molecule has 60 heavy (non-hydrogen) atoms. The molecule has 0 heterocycles. The zero-order chi connectivity index (χ0) is 41.7. The van der Waals surface area contributed by atoms with Crippen molar-refractivity contribution in [1.82, 2.24) is 0 Å². The summed E-state index contributed by atoms with van der Waals surface area (Å²) in [5, 5.41) is 10.9. The largest absolute Gasteiger partial charge is 0.0617 e. The quantitative estimate of drug-likeness (QED) is 0.0856. The molecule has 0 saturated carbocycles. The van der Waals surface area contributed by atoms with Gasteiger partial charge < -0.3 is 0 Å². The number of hydrogen-bond donors (Lipinski definition) is 0. The Bertz CT molecular complexity index is 2560. The van der Waals surface area contributed by atoms with Crippen LogP contribution < -0.4 is 0 Å². The van der Waals surface area contributed by atoms with E-state index in [-0.39, 0.29) is 0 Å². The fourth-order valence-corrected chi connectivity index (χ4v) is 10.9. The van der Waals surface area contributed by atoms with Gasteiger partial charge in [0, 0.05) is 0 Å². The second-order valence-corrected chi connectivity index (χ2v) is 16.9. The van der Waals surface area contributed by atoms with Crippen LogP contribution in [0.4, 0.5) is 0 Å². The van der Waals surface area contributed by atoms with Crippen LogP contribution in [-0.2, 0) is 51.4 Å². The van der Waals surface area contributed by atoms with Gasteiger partial charge in [0.15, 0.2) is 0 Å². The van der Waals surface area contributed by atoms with Gasteiger partial charge in [-0.1, -0.05) is 128 Å². The number of aryl methyl sites for hydroxylation is 8. The summed E-state index contributed by atoms with van der Waals surface area (Å²) in [7, 11) is 0. The van der Waals surface area contributed by atoms with Crippen molar-refractivity contribution in [3.8, 4) is 44.5 Å². The topological polar surface area (TPSA) is 0 Å². The summed E-state index contributed by atoms with van der Waals surface area (Å²) in [5.74, 6) is 0. The molecule has 0 heteroatoms. The van der Waals surface area contributed by atoms with Crippen LogP contribution in [0.3, 0.4) is 0 Å². The van der Waals surface area contributed by atoms with E-state index in [4.69, 9.17) is 0 Å². The SMILES string of the molecule is CCc1cccc(CC)c1-c1cc2cc(-c3c(CC)cccc3CC)cc3c4cc(-c5c(CC)cccc5CC)cc5cc(-c6c(CC)cccc6CC)cc(c(c1)c23)c54. The van der Waals surface area contributed by atoms with E-state index in [9.17, 15) is 0 Å². The molecule has 9 aromatic carbocycles. The van der Waals surface area contributed by atoms with Crippen molar-refractivity contribution in [3.63, 3.8) is 0 Å². The van der Waals surface area contributed by atoms with Gasteiger partial charge in [0.1, 0.15) is 0 Å². The Hall–Kier alpha value is -5.72. The minimum Gasteiger partial charge on any atom is -0.0617 e. The van der Waals surface area contributed by atoms with Gasteiger partial charge in [-0.25, -0.2) is 0 Å². The van der Waals surface area contributed by atoms with Crippen molar-refractivity contribution in [2.24, 2.45) is 0 Å². The van der Waals surface area contributed by atoms with Crippen molar-refractivity contribution < 1.29 is 0 Å². The molecular formula is C60H60. The van der Waals surface area contributed by atoms with Crippen molar-refractivity contribution >= 4 is 43.1 Å². The molecule has 0 saturated heterocycles. The Morgan fingerprint density at radius 1 is 0.250 bits per heavy atom. The molecule has 9 rings (SSSR count). The van der Waals surface area contributed by atoms with Crippen LogP contribution in [-0.4, -0.2) is 0 Å². The average Bonchev–Trinajstić information content (AvgIpc) is 3.30. The fraction of sp³-hybridized carbons (Fsp3) is 0.267. The van der Waals surface area contributed by atoms with Crippen LogP contribution in [0.1, 0.15) is 99.9 Å². The first-order chi connectivity index (χ1) is 29.4. The minimum absolute atomic E-state index is 1.00. The van der Waals surface area contributed by atoms with E-state index in [0.717, 1.165) is 51.4 Å². The van der Waals surface area contributed by atoms with E-state index in [1.54, 1.807) is 0 Å². The van der Waals surface area contributed by atoms with Crippen molar-refractivity contribution in [1.29, 1.82) is 0 Å². The standard InChI is InChI=1S/C60H60/c1-9-37-21-17-22-38(10-2)55(37)47-29-45-30-48(56-39(11-3)23-18-24-40(56)12-4)35-53-54-36-50(58-43(15-7)27-20-28-44(58)16-8)32-46-31-49(34-52(60(46)54)51(33-47)59(45)53)57-41(13-5)25-19-26-42(57)14-6/h17-36H,9-16H2,1-8H3. The summed E-state index contributed by atoms with van der Waals surface area (Å²) < 4.78 is 0. The van der Waals surface area contributed by atoms with Crippen LogP contribution in [0, 0.1) is 0 Å². The molecular weight excluding hydrogens is 721 g/mol. The number of hydrogen-bond acceptors (Lipinski definition) is 0. The molecule has 0 fully saturated rings.